The molecule has 0 N–H and O–H groups in total. The first-order valence-corrected chi connectivity index (χ1v) is 17.5. The molecule has 0 fully saturated rings. The molecule has 2 aliphatic heterocycles. The van der Waals surface area contributed by atoms with Crippen LogP contribution in [0.1, 0.15) is 0 Å². The van der Waals surface area contributed by atoms with Crippen molar-refractivity contribution in [2.45, 2.75) is 0 Å². The molecule has 52 heavy (non-hydrogen) atoms. The van der Waals surface area contributed by atoms with Crippen molar-refractivity contribution in [3.05, 3.63) is 188 Å². The van der Waals surface area contributed by atoms with E-state index < -0.39 is 0 Å². The van der Waals surface area contributed by atoms with Crippen LogP contribution in [0.3, 0.4) is 0 Å². The van der Waals surface area contributed by atoms with E-state index in [1.54, 1.807) is 6.20 Å². The molecular formula is C46H31BN4O. The van der Waals surface area contributed by atoms with Crippen LogP contribution in [0, 0.1) is 0 Å². The van der Waals surface area contributed by atoms with E-state index >= 15 is 0 Å². The Labute approximate surface area is 303 Å². The van der Waals surface area contributed by atoms with E-state index in [1.165, 1.54) is 16.5 Å². The Kier molecular flexibility index (Phi) is 7.17. The molecule has 2 aromatic heterocycles. The highest BCUT2D eigenvalue weighted by atomic mass is 16.5. The summed E-state index contributed by atoms with van der Waals surface area (Å²) in [7, 11) is 0. The van der Waals surface area contributed by atoms with Gasteiger partial charge >= 0.3 is 0 Å². The van der Waals surface area contributed by atoms with E-state index in [0.717, 1.165) is 62.2 Å². The largest absolute Gasteiger partial charge is 0.439 e. The minimum absolute atomic E-state index is 0.0827. The van der Waals surface area contributed by atoms with Gasteiger partial charge in [0.05, 0.1) is 5.69 Å². The van der Waals surface area contributed by atoms with Gasteiger partial charge < -0.3 is 14.5 Å². The molecule has 2 aliphatic rings. The molecule has 244 valence electrons. The molecule has 0 amide bonds. The molecule has 6 heteroatoms. The number of hydrogen-bond acceptors (Lipinski definition) is 5. The Morgan fingerprint density at radius 1 is 0.423 bits per heavy atom. The lowest BCUT2D eigenvalue weighted by atomic mass is 9.33. The standard InChI is InChI=1S/C46H31BN4O/c1-4-13-32(14-5-1)33-26-28-48-40(30-33)34-22-24-41-38(29-34)47-39-31-37(52-45-21-10-11-27-49-45)23-25-42(39)51(36-17-8-3-9-18-36)44-20-12-19-43(46(44)47)50(41)35-15-6-2-7-16-35/h1-31H. The van der Waals surface area contributed by atoms with Crippen LogP contribution in [0.4, 0.5) is 34.1 Å². The number of rotatable bonds is 6. The smallest absolute Gasteiger partial charge is 0.252 e. The third-order valence-corrected chi connectivity index (χ3v) is 10.0. The summed E-state index contributed by atoms with van der Waals surface area (Å²) >= 11 is 0. The number of hydrogen-bond donors (Lipinski definition) is 0. The maximum Gasteiger partial charge on any atom is 0.252 e. The summed E-state index contributed by atoms with van der Waals surface area (Å²) in [6.45, 7) is -0.0827. The fourth-order valence-corrected chi connectivity index (χ4v) is 7.78. The number of anilines is 6. The van der Waals surface area contributed by atoms with Crippen LogP contribution in [-0.2, 0) is 0 Å². The number of aromatic nitrogens is 2. The molecule has 4 heterocycles. The van der Waals surface area contributed by atoms with E-state index in [9.17, 15) is 0 Å². The van der Waals surface area contributed by atoms with Crippen molar-refractivity contribution < 1.29 is 4.74 Å². The van der Waals surface area contributed by atoms with E-state index in [2.05, 4.69) is 160 Å². The molecule has 0 atom stereocenters. The first-order valence-electron chi connectivity index (χ1n) is 17.5. The van der Waals surface area contributed by atoms with E-state index in [1.807, 2.05) is 36.5 Å². The van der Waals surface area contributed by atoms with Crippen molar-refractivity contribution in [2.75, 3.05) is 9.80 Å². The Morgan fingerprint density at radius 2 is 1.06 bits per heavy atom. The van der Waals surface area contributed by atoms with Gasteiger partial charge in [-0.3, -0.25) is 4.98 Å². The van der Waals surface area contributed by atoms with Crippen LogP contribution in [0.15, 0.2) is 188 Å². The molecule has 0 bridgehead atoms. The average molecular weight is 667 g/mol. The number of benzene rings is 6. The second-order valence-corrected chi connectivity index (χ2v) is 13.0. The summed E-state index contributed by atoms with van der Waals surface area (Å²) in [5.74, 6) is 1.30. The van der Waals surface area contributed by atoms with Gasteiger partial charge in [0.25, 0.3) is 6.71 Å². The summed E-state index contributed by atoms with van der Waals surface area (Å²) in [5.41, 5.74) is 14.7. The van der Waals surface area contributed by atoms with Gasteiger partial charge in [-0.05, 0) is 112 Å². The minimum Gasteiger partial charge on any atom is -0.439 e. The molecule has 0 aliphatic carbocycles. The molecule has 0 radical (unpaired) electrons. The Morgan fingerprint density at radius 3 is 1.73 bits per heavy atom. The Hall–Kier alpha value is -6.92. The van der Waals surface area contributed by atoms with Crippen LogP contribution >= 0.6 is 0 Å². The summed E-state index contributed by atoms with van der Waals surface area (Å²) < 4.78 is 6.39. The molecule has 0 spiro atoms. The molecular weight excluding hydrogens is 635 g/mol. The monoisotopic (exact) mass is 666 g/mol. The molecule has 0 saturated carbocycles. The molecule has 5 nitrogen and oxygen atoms in total. The number of pyridine rings is 2. The number of fused-ring (bicyclic) bond motifs is 4. The topological polar surface area (TPSA) is 41.5 Å². The predicted molar refractivity (Wildman–Crippen MR) is 213 cm³/mol. The van der Waals surface area contributed by atoms with Gasteiger partial charge in [-0.2, -0.15) is 0 Å². The zero-order valence-electron chi connectivity index (χ0n) is 28.2. The van der Waals surface area contributed by atoms with Crippen LogP contribution < -0.4 is 30.9 Å². The fraction of sp³-hybridized carbons (Fsp3) is 0. The highest BCUT2D eigenvalue weighted by Gasteiger charge is 2.43. The van der Waals surface area contributed by atoms with Crippen molar-refractivity contribution >= 4 is 57.2 Å². The normalized spacial score (nSPS) is 12.5. The van der Waals surface area contributed by atoms with Gasteiger partial charge in [0.15, 0.2) is 0 Å². The van der Waals surface area contributed by atoms with Gasteiger partial charge in [-0.25, -0.2) is 4.98 Å². The van der Waals surface area contributed by atoms with Gasteiger partial charge in [-0.1, -0.05) is 91.0 Å². The number of nitrogens with zero attached hydrogens (tertiary/aromatic N) is 4. The Balaban J connectivity index is 1.22. The zero-order chi connectivity index (χ0) is 34.4. The van der Waals surface area contributed by atoms with Crippen molar-refractivity contribution in [1.29, 1.82) is 0 Å². The maximum atomic E-state index is 6.39. The van der Waals surface area contributed by atoms with Crippen LogP contribution in [0.2, 0.25) is 0 Å². The van der Waals surface area contributed by atoms with Gasteiger partial charge in [0.2, 0.25) is 5.88 Å². The van der Waals surface area contributed by atoms with Crippen molar-refractivity contribution in [3.8, 4) is 34.0 Å². The van der Waals surface area contributed by atoms with Crippen molar-refractivity contribution in [1.82, 2.24) is 9.97 Å². The number of ether oxygens (including phenoxy) is 1. The third kappa shape index (κ3) is 5.04. The predicted octanol–water partition coefficient (Wildman–Crippen LogP) is 9.69. The highest BCUT2D eigenvalue weighted by molar-refractivity contribution is 7.00. The minimum atomic E-state index is -0.0827. The highest BCUT2D eigenvalue weighted by Crippen LogP contribution is 2.44. The SMILES string of the molecule is c1ccc(-c2ccnc(-c3ccc4c(c3)B3c5cc(Oc6ccccn6)ccc5N(c5ccccc5)c5cccc(c53)N4c3ccccc3)c2)cc1. The van der Waals surface area contributed by atoms with E-state index in [0.29, 0.717) is 5.88 Å². The summed E-state index contributed by atoms with van der Waals surface area (Å²) in [6, 6.07) is 61.7. The van der Waals surface area contributed by atoms with Crippen molar-refractivity contribution in [2.24, 2.45) is 0 Å². The van der Waals surface area contributed by atoms with E-state index in [-0.39, 0.29) is 6.71 Å². The van der Waals surface area contributed by atoms with E-state index in [4.69, 9.17) is 9.72 Å². The maximum absolute atomic E-state index is 6.39. The van der Waals surface area contributed by atoms with Crippen LogP contribution in [0.5, 0.6) is 11.6 Å². The lowest BCUT2D eigenvalue weighted by molar-refractivity contribution is 0.463. The van der Waals surface area contributed by atoms with Gasteiger partial charge in [0.1, 0.15) is 5.75 Å². The average Bonchev–Trinajstić information content (AvgIpc) is 3.22. The Bertz CT molecular complexity index is 2550. The molecule has 0 unspecified atom stereocenters. The second kappa shape index (κ2) is 12.4. The van der Waals surface area contributed by atoms with Gasteiger partial charge in [-0.15, -0.1) is 0 Å². The first kappa shape index (κ1) is 30.0. The lowest BCUT2D eigenvalue weighted by Gasteiger charge is -2.44. The third-order valence-electron chi connectivity index (χ3n) is 10.0. The summed E-state index contributed by atoms with van der Waals surface area (Å²) in [4.78, 5) is 14.1. The molecule has 0 saturated heterocycles. The van der Waals surface area contributed by atoms with Gasteiger partial charge in [0, 0.05) is 52.6 Å². The molecule has 8 aromatic rings. The van der Waals surface area contributed by atoms with Crippen LogP contribution in [0.25, 0.3) is 22.4 Å². The quantitative estimate of drug-likeness (QED) is 0.165. The van der Waals surface area contributed by atoms with Crippen molar-refractivity contribution in [3.63, 3.8) is 0 Å². The van der Waals surface area contributed by atoms with Crippen LogP contribution in [-0.4, -0.2) is 16.7 Å². The molecule has 10 rings (SSSR count). The second-order valence-electron chi connectivity index (χ2n) is 13.0. The zero-order valence-corrected chi connectivity index (χ0v) is 28.2. The first-order chi connectivity index (χ1) is 25.8. The summed E-state index contributed by atoms with van der Waals surface area (Å²) in [6.07, 6.45) is 3.67. The molecule has 6 aromatic carbocycles. The summed E-state index contributed by atoms with van der Waals surface area (Å²) in [5, 5.41) is 0. The lowest BCUT2D eigenvalue weighted by Crippen LogP contribution is -2.61. The number of para-hydroxylation sites is 2. The fourth-order valence-electron chi connectivity index (χ4n) is 7.78.